The number of ether oxygens (including phenoxy) is 2. The highest BCUT2D eigenvalue weighted by molar-refractivity contribution is 5.90. The summed E-state index contributed by atoms with van der Waals surface area (Å²) in [4.78, 5) is 0. The van der Waals surface area contributed by atoms with E-state index in [2.05, 4.69) is 31.2 Å². The first-order valence-corrected chi connectivity index (χ1v) is 7.46. The molecule has 0 saturated carbocycles. The molecule has 3 rings (SSSR count). The molecule has 1 unspecified atom stereocenters. The van der Waals surface area contributed by atoms with Crippen molar-refractivity contribution in [2.75, 3.05) is 14.2 Å². The van der Waals surface area contributed by atoms with Crippen LogP contribution in [0, 0.1) is 0 Å². The number of rotatable bonds is 4. The van der Waals surface area contributed by atoms with Gasteiger partial charge in [-0.2, -0.15) is 0 Å². The van der Waals surface area contributed by atoms with E-state index in [-0.39, 0.29) is 0 Å². The molecule has 0 amide bonds. The Balaban J connectivity index is 2.21. The molecule has 0 bridgehead atoms. The van der Waals surface area contributed by atoms with Gasteiger partial charge in [-0.3, -0.25) is 0 Å². The van der Waals surface area contributed by atoms with E-state index in [4.69, 9.17) is 9.47 Å². The lowest BCUT2D eigenvalue weighted by Gasteiger charge is -2.16. The quantitative estimate of drug-likeness (QED) is 0.802. The summed E-state index contributed by atoms with van der Waals surface area (Å²) in [6.07, 6.45) is 5.02. The van der Waals surface area contributed by atoms with Gasteiger partial charge in [-0.15, -0.1) is 0 Å². The van der Waals surface area contributed by atoms with Gasteiger partial charge < -0.3 is 9.47 Å². The first-order chi connectivity index (χ1) is 9.78. The van der Waals surface area contributed by atoms with Crippen molar-refractivity contribution in [2.45, 2.75) is 38.5 Å². The fraction of sp³-hybridized carbons (Fsp3) is 0.444. The zero-order chi connectivity index (χ0) is 14.1. The molecule has 0 saturated heterocycles. The largest absolute Gasteiger partial charge is 0.493 e. The molecule has 2 nitrogen and oxygen atoms in total. The van der Waals surface area contributed by atoms with Crippen molar-refractivity contribution in [1.29, 1.82) is 0 Å². The summed E-state index contributed by atoms with van der Waals surface area (Å²) >= 11 is 0. The van der Waals surface area contributed by atoms with Crippen molar-refractivity contribution in [3.63, 3.8) is 0 Å². The van der Waals surface area contributed by atoms with Crippen LogP contribution < -0.4 is 9.47 Å². The van der Waals surface area contributed by atoms with Gasteiger partial charge in [0, 0.05) is 0 Å². The summed E-state index contributed by atoms with van der Waals surface area (Å²) in [7, 11) is 3.40. The second kappa shape index (κ2) is 5.35. The minimum Gasteiger partial charge on any atom is -0.493 e. The highest BCUT2D eigenvalue weighted by Gasteiger charge is 2.24. The lowest BCUT2D eigenvalue weighted by Crippen LogP contribution is -1.96. The molecular formula is C18H22O2. The molecule has 2 aromatic rings. The maximum absolute atomic E-state index is 5.47. The lowest BCUT2D eigenvalue weighted by molar-refractivity contribution is 0.356. The molecule has 20 heavy (non-hydrogen) atoms. The van der Waals surface area contributed by atoms with Gasteiger partial charge in [0.25, 0.3) is 0 Å². The van der Waals surface area contributed by atoms with E-state index in [0.717, 1.165) is 11.5 Å². The average Bonchev–Trinajstić information content (AvgIpc) is 2.89. The Morgan fingerprint density at radius 1 is 1.10 bits per heavy atom. The molecule has 0 aromatic heterocycles. The van der Waals surface area contributed by atoms with Crippen LogP contribution in [0.25, 0.3) is 10.8 Å². The molecule has 2 aromatic carbocycles. The summed E-state index contributed by atoms with van der Waals surface area (Å²) in [5.74, 6) is 2.34. The van der Waals surface area contributed by atoms with E-state index in [1.165, 1.54) is 42.0 Å². The van der Waals surface area contributed by atoms with E-state index in [1.54, 1.807) is 19.8 Å². The van der Waals surface area contributed by atoms with Crippen molar-refractivity contribution in [3.8, 4) is 11.5 Å². The van der Waals surface area contributed by atoms with Crippen molar-refractivity contribution < 1.29 is 9.47 Å². The average molecular weight is 270 g/mol. The van der Waals surface area contributed by atoms with Crippen LogP contribution >= 0.6 is 0 Å². The molecule has 0 radical (unpaired) electrons. The van der Waals surface area contributed by atoms with Gasteiger partial charge in [-0.1, -0.05) is 25.5 Å². The number of hydrogen-bond acceptors (Lipinski definition) is 2. The number of hydrogen-bond donors (Lipinski definition) is 0. The van der Waals surface area contributed by atoms with Crippen LogP contribution in [-0.2, 0) is 6.42 Å². The number of fused-ring (bicyclic) bond motifs is 3. The maximum atomic E-state index is 5.47. The van der Waals surface area contributed by atoms with Crippen molar-refractivity contribution in [2.24, 2.45) is 0 Å². The van der Waals surface area contributed by atoms with Crippen LogP contribution in [0.5, 0.6) is 11.5 Å². The van der Waals surface area contributed by atoms with Crippen LogP contribution in [0.3, 0.4) is 0 Å². The highest BCUT2D eigenvalue weighted by atomic mass is 16.5. The Kier molecular flexibility index (Phi) is 3.56. The second-order valence-corrected chi connectivity index (χ2v) is 5.59. The van der Waals surface area contributed by atoms with Crippen molar-refractivity contribution in [1.82, 2.24) is 0 Å². The standard InChI is InChI=1S/C18H22O2/c1-4-5-12-6-7-13-8-9-14-10-16(19-2)17(20-3)11-15(14)18(12)13/h8-12H,4-7H2,1-3H3. The third-order valence-electron chi connectivity index (χ3n) is 4.46. The number of aryl methyl sites for hydroxylation is 1. The van der Waals surface area contributed by atoms with Gasteiger partial charge in [0.05, 0.1) is 14.2 Å². The van der Waals surface area contributed by atoms with Gasteiger partial charge >= 0.3 is 0 Å². The number of benzene rings is 2. The second-order valence-electron chi connectivity index (χ2n) is 5.59. The molecule has 1 atom stereocenters. The van der Waals surface area contributed by atoms with E-state index < -0.39 is 0 Å². The number of methoxy groups -OCH3 is 2. The highest BCUT2D eigenvalue weighted by Crippen LogP contribution is 2.43. The summed E-state index contributed by atoms with van der Waals surface area (Å²) in [6.45, 7) is 2.27. The van der Waals surface area contributed by atoms with Crippen LogP contribution in [0.2, 0.25) is 0 Å². The zero-order valence-corrected chi connectivity index (χ0v) is 12.5. The summed E-state index contributed by atoms with van der Waals surface area (Å²) in [5.41, 5.74) is 3.06. The predicted octanol–water partition coefficient (Wildman–Crippen LogP) is 4.69. The van der Waals surface area contributed by atoms with Crippen LogP contribution in [-0.4, -0.2) is 14.2 Å². The first kappa shape index (κ1) is 13.3. The molecule has 1 aliphatic carbocycles. The van der Waals surface area contributed by atoms with Crippen LogP contribution in [0.15, 0.2) is 24.3 Å². The molecular weight excluding hydrogens is 248 g/mol. The summed E-state index contributed by atoms with van der Waals surface area (Å²) < 4.78 is 10.9. The van der Waals surface area contributed by atoms with Crippen molar-refractivity contribution >= 4 is 10.8 Å². The van der Waals surface area contributed by atoms with Crippen LogP contribution in [0.4, 0.5) is 0 Å². The molecule has 0 heterocycles. The van der Waals surface area contributed by atoms with Gasteiger partial charge in [-0.25, -0.2) is 0 Å². The maximum Gasteiger partial charge on any atom is 0.161 e. The SMILES string of the molecule is CCCC1CCc2ccc3cc(OC)c(OC)cc3c21. The summed E-state index contributed by atoms with van der Waals surface area (Å²) in [6, 6.07) is 8.75. The fourth-order valence-corrected chi connectivity index (χ4v) is 3.53. The Morgan fingerprint density at radius 2 is 1.85 bits per heavy atom. The smallest absolute Gasteiger partial charge is 0.161 e. The van der Waals surface area contributed by atoms with Gasteiger partial charge in [-0.05, 0) is 59.2 Å². The Labute approximate surface area is 120 Å². The third kappa shape index (κ3) is 2.04. The molecule has 1 aliphatic rings. The van der Waals surface area contributed by atoms with Gasteiger partial charge in [0.1, 0.15) is 0 Å². The monoisotopic (exact) mass is 270 g/mol. The summed E-state index contributed by atoms with van der Waals surface area (Å²) in [5, 5.41) is 2.60. The van der Waals surface area contributed by atoms with E-state index in [1.807, 2.05) is 0 Å². The minimum absolute atomic E-state index is 0.705. The van der Waals surface area contributed by atoms with E-state index in [0.29, 0.717) is 5.92 Å². The van der Waals surface area contributed by atoms with E-state index in [9.17, 15) is 0 Å². The molecule has 0 aliphatic heterocycles. The topological polar surface area (TPSA) is 18.5 Å². The molecule has 0 fully saturated rings. The normalized spacial score (nSPS) is 17.2. The van der Waals surface area contributed by atoms with E-state index >= 15 is 0 Å². The Hall–Kier alpha value is -1.70. The van der Waals surface area contributed by atoms with Crippen molar-refractivity contribution in [3.05, 3.63) is 35.4 Å². The zero-order valence-electron chi connectivity index (χ0n) is 12.5. The Bertz CT molecular complexity index is 629. The first-order valence-electron chi connectivity index (χ1n) is 7.46. The predicted molar refractivity (Wildman–Crippen MR) is 83.0 cm³/mol. The molecule has 0 N–H and O–H groups in total. The molecule has 106 valence electrons. The fourth-order valence-electron chi connectivity index (χ4n) is 3.53. The van der Waals surface area contributed by atoms with Crippen LogP contribution in [0.1, 0.15) is 43.2 Å². The Morgan fingerprint density at radius 3 is 2.55 bits per heavy atom. The molecule has 2 heteroatoms. The van der Waals surface area contributed by atoms with Gasteiger partial charge in [0.15, 0.2) is 11.5 Å². The lowest BCUT2D eigenvalue weighted by atomic mass is 9.91. The third-order valence-corrected chi connectivity index (χ3v) is 4.46. The van der Waals surface area contributed by atoms with Gasteiger partial charge in [0.2, 0.25) is 0 Å². The minimum atomic E-state index is 0.705. The molecule has 0 spiro atoms.